The number of fused-ring (bicyclic) bond motifs is 4. The van der Waals surface area contributed by atoms with Gasteiger partial charge in [-0.2, -0.15) is 0 Å². The Labute approximate surface area is 207 Å². The van der Waals surface area contributed by atoms with Gasteiger partial charge < -0.3 is 0 Å². The van der Waals surface area contributed by atoms with Gasteiger partial charge in [0, 0.05) is 24.8 Å². The Morgan fingerprint density at radius 2 is 1.09 bits per heavy atom. The van der Waals surface area contributed by atoms with Crippen molar-refractivity contribution in [2.45, 2.75) is 19.4 Å². The molecule has 0 aliphatic carbocycles. The first kappa shape index (κ1) is 20.6. The summed E-state index contributed by atoms with van der Waals surface area (Å²) >= 11 is 0. The molecule has 0 N–H and O–H groups in total. The molecule has 0 saturated heterocycles. The van der Waals surface area contributed by atoms with Gasteiger partial charge in [0.25, 0.3) is 0 Å². The van der Waals surface area contributed by atoms with Gasteiger partial charge in [0.15, 0.2) is 0 Å². The van der Waals surface area contributed by atoms with E-state index in [2.05, 4.69) is 114 Å². The fourth-order valence-corrected chi connectivity index (χ4v) is 10.0. The van der Waals surface area contributed by atoms with Crippen LogP contribution in [0.25, 0.3) is 0 Å². The second-order valence-corrected chi connectivity index (χ2v) is 14.0. The summed E-state index contributed by atoms with van der Waals surface area (Å²) in [6, 6.07) is 31.8. The Balaban J connectivity index is 1.50. The summed E-state index contributed by atoms with van der Waals surface area (Å²) in [4.78, 5) is 9.04. The molecular formula is C31H25BN2Si. The summed E-state index contributed by atoms with van der Waals surface area (Å²) in [5.74, 6) is 0. The second kappa shape index (κ2) is 7.89. The Hall–Kier alpha value is -3.76. The number of rotatable bonds is 3. The average Bonchev–Trinajstić information content (AvgIpc) is 2.93. The van der Waals surface area contributed by atoms with Crippen molar-refractivity contribution in [1.82, 2.24) is 9.97 Å². The lowest BCUT2D eigenvalue weighted by molar-refractivity contribution is 1.13. The number of hydrogen-bond donors (Lipinski definition) is 0. The first-order chi connectivity index (χ1) is 17.2. The molecule has 0 unspecified atom stereocenters. The van der Waals surface area contributed by atoms with Gasteiger partial charge in [-0.3, -0.25) is 9.97 Å². The fourth-order valence-electron chi connectivity index (χ4n) is 6.38. The predicted octanol–water partition coefficient (Wildman–Crippen LogP) is 1.90. The maximum Gasteiger partial charge on any atom is 0.246 e. The van der Waals surface area contributed by atoms with Crippen LogP contribution in [0, 0.1) is 0 Å². The normalized spacial score (nSPS) is 13.6. The molecule has 0 amide bonds. The molecule has 166 valence electrons. The van der Waals surface area contributed by atoms with Gasteiger partial charge in [-0.15, -0.1) is 0 Å². The van der Waals surface area contributed by atoms with Gasteiger partial charge in [-0.25, -0.2) is 0 Å². The van der Waals surface area contributed by atoms with Crippen molar-refractivity contribution in [3.8, 4) is 0 Å². The molecular weight excluding hydrogens is 439 g/mol. The summed E-state index contributed by atoms with van der Waals surface area (Å²) in [7, 11) is -2.19. The van der Waals surface area contributed by atoms with Crippen molar-refractivity contribution in [2.24, 2.45) is 0 Å². The molecule has 4 heterocycles. The van der Waals surface area contributed by atoms with Crippen LogP contribution in [0.15, 0.2) is 110 Å². The molecule has 5 aromatic rings. The zero-order valence-electron chi connectivity index (χ0n) is 19.8. The highest BCUT2D eigenvalue weighted by Crippen LogP contribution is 2.22. The van der Waals surface area contributed by atoms with Crippen LogP contribution >= 0.6 is 0 Å². The minimum absolute atomic E-state index is 0.227. The van der Waals surface area contributed by atoms with E-state index < -0.39 is 8.07 Å². The predicted molar refractivity (Wildman–Crippen MR) is 149 cm³/mol. The third kappa shape index (κ3) is 3.10. The molecule has 2 aliphatic heterocycles. The Morgan fingerprint density at radius 1 is 0.600 bits per heavy atom. The maximum absolute atomic E-state index is 4.52. The second-order valence-electron chi connectivity index (χ2n) is 10.0. The standard InChI is InChI=1S/C31H25BN2Si/c1-35(26-8-4-2-5-9-26,27-10-6-3-7-11-27)28-18-24-16-22-12-14-33-20-29(22)32-30-21-34-15-13-23(30)17-25(19-28)31(24)32/h2-15,18-21H,16-17H2,1H3. The topological polar surface area (TPSA) is 25.8 Å². The van der Waals surface area contributed by atoms with E-state index in [4.69, 9.17) is 0 Å². The van der Waals surface area contributed by atoms with E-state index in [9.17, 15) is 0 Å². The molecule has 0 fully saturated rings. The molecule has 0 atom stereocenters. The molecule has 2 nitrogen and oxygen atoms in total. The van der Waals surface area contributed by atoms with Crippen LogP contribution < -0.4 is 31.9 Å². The van der Waals surface area contributed by atoms with E-state index in [0.29, 0.717) is 0 Å². The van der Waals surface area contributed by atoms with Gasteiger partial charge in [0.05, 0.1) is 0 Å². The van der Waals surface area contributed by atoms with E-state index in [1.807, 2.05) is 12.4 Å². The summed E-state index contributed by atoms with van der Waals surface area (Å²) in [6.07, 6.45) is 9.97. The van der Waals surface area contributed by atoms with Crippen LogP contribution in [0.1, 0.15) is 22.3 Å². The van der Waals surface area contributed by atoms with E-state index >= 15 is 0 Å². The van der Waals surface area contributed by atoms with Crippen LogP contribution in [0.2, 0.25) is 6.55 Å². The van der Waals surface area contributed by atoms with Crippen molar-refractivity contribution in [3.05, 3.63) is 132 Å². The van der Waals surface area contributed by atoms with Gasteiger partial charge in [0.1, 0.15) is 8.07 Å². The van der Waals surface area contributed by atoms with Crippen LogP contribution in [0.5, 0.6) is 0 Å². The molecule has 0 spiro atoms. The summed E-state index contributed by atoms with van der Waals surface area (Å²) < 4.78 is 0. The van der Waals surface area contributed by atoms with Gasteiger partial charge in [0.2, 0.25) is 6.71 Å². The lowest BCUT2D eigenvalue weighted by Gasteiger charge is -2.36. The van der Waals surface area contributed by atoms with E-state index in [1.54, 1.807) is 0 Å². The third-order valence-electron chi connectivity index (χ3n) is 8.20. The molecule has 2 aliphatic rings. The first-order valence-electron chi connectivity index (χ1n) is 12.4. The highest BCUT2D eigenvalue weighted by molar-refractivity contribution is 7.10. The van der Waals surface area contributed by atoms with Crippen LogP contribution in [-0.2, 0) is 12.8 Å². The number of pyridine rings is 2. The van der Waals surface area contributed by atoms with Gasteiger partial charge >= 0.3 is 0 Å². The molecule has 3 aromatic carbocycles. The number of benzene rings is 3. The SMILES string of the molecule is C[Si](c1ccccc1)(c1ccccc1)c1cc2c3c(c1)Cc1ccncc1B3c1cnccc1C2. The van der Waals surface area contributed by atoms with Crippen LogP contribution in [0.3, 0.4) is 0 Å². The van der Waals surface area contributed by atoms with E-state index in [1.165, 1.54) is 54.2 Å². The van der Waals surface area contributed by atoms with Crippen LogP contribution in [-0.4, -0.2) is 24.8 Å². The number of aromatic nitrogens is 2. The first-order valence-corrected chi connectivity index (χ1v) is 14.9. The highest BCUT2D eigenvalue weighted by Gasteiger charge is 2.40. The zero-order valence-corrected chi connectivity index (χ0v) is 20.8. The molecule has 0 saturated carbocycles. The largest absolute Gasteiger partial charge is 0.265 e. The lowest BCUT2D eigenvalue weighted by Crippen LogP contribution is -2.66. The van der Waals surface area contributed by atoms with Gasteiger partial charge in [-0.05, 0) is 73.7 Å². The smallest absolute Gasteiger partial charge is 0.246 e. The molecule has 2 aromatic heterocycles. The fraction of sp³-hybridized carbons (Fsp3) is 0.0968. The van der Waals surface area contributed by atoms with E-state index in [-0.39, 0.29) is 6.71 Å². The molecule has 4 heteroatoms. The molecule has 0 bridgehead atoms. The Bertz CT molecular complexity index is 1460. The Kier molecular flexibility index (Phi) is 4.65. The average molecular weight is 464 g/mol. The van der Waals surface area contributed by atoms with Crippen molar-refractivity contribution in [3.63, 3.8) is 0 Å². The number of hydrogen-bond acceptors (Lipinski definition) is 2. The molecule has 0 radical (unpaired) electrons. The van der Waals surface area contributed by atoms with Gasteiger partial charge in [-0.1, -0.05) is 84.8 Å². The van der Waals surface area contributed by atoms with Crippen molar-refractivity contribution >= 4 is 46.7 Å². The summed E-state index contributed by atoms with van der Waals surface area (Å²) in [6.45, 7) is 2.75. The van der Waals surface area contributed by atoms with Crippen LogP contribution in [0.4, 0.5) is 0 Å². The minimum atomic E-state index is -2.19. The van der Waals surface area contributed by atoms with E-state index in [0.717, 1.165) is 12.8 Å². The maximum atomic E-state index is 4.52. The summed E-state index contributed by atoms with van der Waals surface area (Å²) in [5, 5.41) is 4.41. The third-order valence-corrected chi connectivity index (χ3v) is 12.6. The van der Waals surface area contributed by atoms with Crippen molar-refractivity contribution < 1.29 is 0 Å². The number of nitrogens with zero attached hydrogens (tertiary/aromatic N) is 2. The molecule has 7 rings (SSSR count). The van der Waals surface area contributed by atoms with Crippen molar-refractivity contribution in [1.29, 1.82) is 0 Å². The summed E-state index contributed by atoms with van der Waals surface area (Å²) in [5.41, 5.74) is 9.90. The highest BCUT2D eigenvalue weighted by atomic mass is 28.3. The van der Waals surface area contributed by atoms with Crippen molar-refractivity contribution in [2.75, 3.05) is 0 Å². The monoisotopic (exact) mass is 464 g/mol. The lowest BCUT2D eigenvalue weighted by atomic mass is 9.31. The zero-order chi connectivity index (χ0) is 23.4. The molecule has 35 heavy (non-hydrogen) atoms. The quantitative estimate of drug-likeness (QED) is 0.295. The minimum Gasteiger partial charge on any atom is -0.265 e. The Morgan fingerprint density at radius 3 is 1.57 bits per heavy atom.